The minimum atomic E-state index is -0.596. The molecule has 3 aromatic rings. The Morgan fingerprint density at radius 1 is 1.10 bits per heavy atom. The second-order valence-corrected chi connectivity index (χ2v) is 10.6. The summed E-state index contributed by atoms with van der Waals surface area (Å²) < 4.78 is 31.0. The van der Waals surface area contributed by atoms with E-state index in [1.165, 1.54) is 32.4 Å². The number of halogens is 3. The van der Waals surface area contributed by atoms with Crippen molar-refractivity contribution in [2.45, 2.75) is 6.61 Å². The van der Waals surface area contributed by atoms with Gasteiger partial charge >= 0.3 is 0 Å². The monoisotopic (exact) mass is 682 g/mol. The molecule has 0 saturated carbocycles. The van der Waals surface area contributed by atoms with Gasteiger partial charge in [-0.15, -0.1) is 0 Å². The highest BCUT2D eigenvalue weighted by Crippen LogP contribution is 2.38. The maximum atomic E-state index is 14.0. The highest BCUT2D eigenvalue weighted by Gasteiger charge is 2.36. The van der Waals surface area contributed by atoms with Gasteiger partial charge in [0.15, 0.2) is 11.5 Å². The van der Waals surface area contributed by atoms with E-state index in [-0.39, 0.29) is 17.3 Å². The molecule has 8 nitrogen and oxygen atoms in total. The van der Waals surface area contributed by atoms with Crippen molar-refractivity contribution in [3.63, 3.8) is 0 Å². The number of thioether (sulfide) groups is 1. The number of carbonyl (C=O) groups is 3. The molecule has 12 heteroatoms. The van der Waals surface area contributed by atoms with E-state index in [4.69, 9.17) is 25.8 Å². The smallest absolute Gasteiger partial charge is 0.294 e. The average Bonchev–Trinajstić information content (AvgIpc) is 3.15. The number of amides is 3. The van der Waals surface area contributed by atoms with E-state index in [1.807, 2.05) is 0 Å². The number of hydrogen-bond donors (Lipinski definition) is 1. The third-order valence-electron chi connectivity index (χ3n) is 5.49. The van der Waals surface area contributed by atoms with Crippen LogP contribution in [-0.2, 0) is 16.2 Å². The summed E-state index contributed by atoms with van der Waals surface area (Å²) >= 11 is 8.86. The summed E-state index contributed by atoms with van der Waals surface area (Å²) in [6, 6.07) is 14.4. The molecule has 1 heterocycles. The molecule has 0 radical (unpaired) electrons. The molecule has 202 valence electrons. The van der Waals surface area contributed by atoms with Crippen LogP contribution in [0.5, 0.6) is 17.2 Å². The normalized spacial score (nSPS) is 14.1. The first-order chi connectivity index (χ1) is 18.7. The van der Waals surface area contributed by atoms with Crippen molar-refractivity contribution in [2.24, 2.45) is 0 Å². The van der Waals surface area contributed by atoms with Gasteiger partial charge in [-0.05, 0) is 82.4 Å². The van der Waals surface area contributed by atoms with Gasteiger partial charge in [-0.2, -0.15) is 0 Å². The van der Waals surface area contributed by atoms with E-state index >= 15 is 0 Å². The van der Waals surface area contributed by atoms with E-state index in [0.29, 0.717) is 42.7 Å². The molecule has 3 aromatic carbocycles. The lowest BCUT2D eigenvalue weighted by molar-refractivity contribution is -0.127. The molecular formula is C27H21ClFIN2O6S. The van der Waals surface area contributed by atoms with Gasteiger partial charge in [0.05, 0.1) is 27.7 Å². The number of carbonyl (C=O) groups excluding carboxylic acids is 3. The zero-order chi connectivity index (χ0) is 28.1. The lowest BCUT2D eigenvalue weighted by Gasteiger charge is -2.14. The van der Waals surface area contributed by atoms with Crippen molar-refractivity contribution in [1.82, 2.24) is 4.90 Å². The van der Waals surface area contributed by atoms with Crippen molar-refractivity contribution < 1.29 is 33.0 Å². The van der Waals surface area contributed by atoms with Crippen LogP contribution in [0.15, 0.2) is 59.5 Å². The fourth-order valence-corrected chi connectivity index (χ4v) is 5.48. The summed E-state index contributed by atoms with van der Waals surface area (Å²) in [6.45, 7) is -0.461. The summed E-state index contributed by atoms with van der Waals surface area (Å²) in [5, 5.41) is 2.35. The Kier molecular flexibility index (Phi) is 9.36. The zero-order valence-corrected chi connectivity index (χ0v) is 24.4. The first kappa shape index (κ1) is 28.7. The lowest BCUT2D eigenvalue weighted by Crippen LogP contribution is -2.36. The highest BCUT2D eigenvalue weighted by atomic mass is 127. The van der Waals surface area contributed by atoms with E-state index < -0.39 is 23.6 Å². The molecule has 1 fully saturated rings. The van der Waals surface area contributed by atoms with Gasteiger partial charge < -0.3 is 19.5 Å². The van der Waals surface area contributed by atoms with Gasteiger partial charge in [0.1, 0.15) is 24.7 Å². The molecule has 1 aliphatic rings. The van der Waals surface area contributed by atoms with Crippen molar-refractivity contribution >= 4 is 74.8 Å². The number of benzene rings is 3. The number of nitrogens with zero attached hydrogens (tertiary/aromatic N) is 1. The summed E-state index contributed by atoms with van der Waals surface area (Å²) in [6.07, 6.45) is 1.54. The molecule has 3 amide bonds. The number of hydrogen-bond acceptors (Lipinski definition) is 7. The molecule has 0 bridgehead atoms. The predicted octanol–water partition coefficient (Wildman–Crippen LogP) is 6.35. The Morgan fingerprint density at radius 2 is 1.85 bits per heavy atom. The van der Waals surface area contributed by atoms with E-state index in [1.54, 1.807) is 42.5 Å². The largest absolute Gasteiger partial charge is 0.495 e. The fourth-order valence-electron chi connectivity index (χ4n) is 3.60. The zero-order valence-electron chi connectivity index (χ0n) is 20.6. The van der Waals surface area contributed by atoms with Crippen molar-refractivity contribution in [3.8, 4) is 17.2 Å². The number of methoxy groups -OCH3 is 2. The topological polar surface area (TPSA) is 94.2 Å². The van der Waals surface area contributed by atoms with Crippen LogP contribution in [-0.4, -0.2) is 42.7 Å². The Labute approximate surface area is 246 Å². The van der Waals surface area contributed by atoms with Crippen LogP contribution in [0.2, 0.25) is 5.02 Å². The van der Waals surface area contributed by atoms with E-state index in [0.717, 1.165) is 16.7 Å². The van der Waals surface area contributed by atoms with Crippen molar-refractivity contribution in [2.75, 3.05) is 26.1 Å². The number of nitrogens with one attached hydrogen (secondary N) is 1. The standard InChI is InChI=1S/C27H21ClFIN2O6S/c1-36-21-8-7-17(12-18(21)28)31-24(33)13-32-26(34)23(39-27(32)35)11-15-9-20(30)25(22(10-15)37-2)38-14-16-5-3-4-6-19(16)29/h3-12H,13-14H2,1-2H3,(H,31,33)/b23-11+. The first-order valence-corrected chi connectivity index (χ1v) is 13.6. The van der Waals surface area contributed by atoms with Gasteiger partial charge in [-0.1, -0.05) is 29.8 Å². The van der Waals surface area contributed by atoms with Crippen LogP contribution >= 0.6 is 46.0 Å². The van der Waals surface area contributed by atoms with Gasteiger partial charge in [0.2, 0.25) is 5.91 Å². The second-order valence-electron chi connectivity index (χ2n) is 8.08. The van der Waals surface area contributed by atoms with Crippen LogP contribution in [0.4, 0.5) is 14.9 Å². The van der Waals surface area contributed by atoms with Gasteiger partial charge in [0, 0.05) is 11.3 Å². The molecule has 0 unspecified atom stereocenters. The first-order valence-electron chi connectivity index (χ1n) is 11.3. The van der Waals surface area contributed by atoms with Crippen LogP contribution < -0.4 is 19.5 Å². The second kappa shape index (κ2) is 12.7. The maximum Gasteiger partial charge on any atom is 0.294 e. The predicted molar refractivity (Wildman–Crippen MR) is 156 cm³/mol. The molecule has 1 saturated heterocycles. The van der Waals surface area contributed by atoms with Crippen LogP contribution in [0.3, 0.4) is 0 Å². The summed E-state index contributed by atoms with van der Waals surface area (Å²) in [5.41, 5.74) is 1.37. The third kappa shape index (κ3) is 6.84. The summed E-state index contributed by atoms with van der Waals surface area (Å²) in [5.74, 6) is -0.292. The minimum Gasteiger partial charge on any atom is -0.495 e. The molecule has 1 aliphatic heterocycles. The van der Waals surface area contributed by atoms with Gasteiger partial charge in [-0.25, -0.2) is 4.39 Å². The lowest BCUT2D eigenvalue weighted by atomic mass is 10.1. The molecule has 0 aliphatic carbocycles. The molecule has 4 rings (SSSR count). The maximum absolute atomic E-state index is 14.0. The van der Waals surface area contributed by atoms with Gasteiger partial charge in [-0.3, -0.25) is 19.3 Å². The number of imide groups is 1. The van der Waals surface area contributed by atoms with Crippen LogP contribution in [0, 0.1) is 9.39 Å². The van der Waals surface area contributed by atoms with E-state index in [9.17, 15) is 18.8 Å². The molecule has 0 aromatic heterocycles. The quantitative estimate of drug-likeness (QED) is 0.208. The number of ether oxygens (including phenoxy) is 3. The Balaban J connectivity index is 1.46. The Bertz CT molecular complexity index is 1480. The molecule has 0 atom stereocenters. The SMILES string of the molecule is COc1ccc(NC(=O)CN2C(=O)S/C(=C/c3cc(I)c(OCc4ccccc4F)c(OC)c3)C2=O)cc1Cl. The highest BCUT2D eigenvalue weighted by molar-refractivity contribution is 14.1. The van der Waals surface area contributed by atoms with Crippen LogP contribution in [0.1, 0.15) is 11.1 Å². The molecule has 1 N–H and O–H groups in total. The van der Waals surface area contributed by atoms with E-state index in [2.05, 4.69) is 27.9 Å². The number of anilines is 1. The molecule has 39 heavy (non-hydrogen) atoms. The molecular weight excluding hydrogens is 662 g/mol. The fraction of sp³-hybridized carbons (Fsp3) is 0.148. The Morgan fingerprint density at radius 3 is 2.54 bits per heavy atom. The van der Waals surface area contributed by atoms with Crippen molar-refractivity contribution in [1.29, 1.82) is 0 Å². The van der Waals surface area contributed by atoms with Crippen molar-refractivity contribution in [3.05, 3.63) is 85.0 Å². The summed E-state index contributed by atoms with van der Waals surface area (Å²) in [7, 11) is 2.94. The number of rotatable bonds is 9. The molecule has 0 spiro atoms. The third-order valence-corrected chi connectivity index (χ3v) is 7.49. The Hall–Kier alpha value is -3.29. The van der Waals surface area contributed by atoms with Gasteiger partial charge in [0.25, 0.3) is 11.1 Å². The van der Waals surface area contributed by atoms with Crippen LogP contribution in [0.25, 0.3) is 6.08 Å². The minimum absolute atomic E-state index is 0.00205. The average molecular weight is 683 g/mol. The summed E-state index contributed by atoms with van der Waals surface area (Å²) in [4.78, 5) is 39.0.